The van der Waals surface area contributed by atoms with Gasteiger partial charge in [-0.15, -0.1) is 0 Å². The molecule has 0 amide bonds. The second kappa shape index (κ2) is 7.66. The van der Waals surface area contributed by atoms with Crippen molar-refractivity contribution in [1.29, 1.82) is 0 Å². The Hall–Kier alpha value is -2.82. The zero-order valence-corrected chi connectivity index (χ0v) is 16.1. The first kappa shape index (κ1) is 18.5. The molecule has 3 nitrogen and oxygen atoms in total. The zero-order valence-electron chi connectivity index (χ0n) is 15.4. The Labute approximate surface area is 168 Å². The molecule has 4 N–H and O–H groups in total. The van der Waals surface area contributed by atoms with Gasteiger partial charge in [0.2, 0.25) is 0 Å². The maximum atomic E-state index is 14.6. The van der Waals surface area contributed by atoms with Crippen LogP contribution in [-0.2, 0) is 0 Å². The predicted octanol–water partition coefficient (Wildman–Crippen LogP) is 4.44. The minimum Gasteiger partial charge on any atom is -0.507 e. The van der Waals surface area contributed by atoms with Gasteiger partial charge in [-0.1, -0.05) is 59.6 Å². The molecule has 0 fully saturated rings. The minimum atomic E-state index is -0.431. The summed E-state index contributed by atoms with van der Waals surface area (Å²) in [5.74, 6) is -0.147. The lowest BCUT2D eigenvalue weighted by Gasteiger charge is -2.30. The van der Waals surface area contributed by atoms with Gasteiger partial charge in [-0.25, -0.2) is 4.39 Å². The molecule has 2 unspecified atom stereocenters. The largest absolute Gasteiger partial charge is 0.507 e. The molecule has 5 heteroatoms. The van der Waals surface area contributed by atoms with Crippen LogP contribution in [0.1, 0.15) is 34.5 Å². The van der Waals surface area contributed by atoms with Crippen LogP contribution >= 0.6 is 11.6 Å². The molecule has 4 rings (SSSR count). The summed E-state index contributed by atoms with van der Waals surface area (Å²) in [6, 6.07) is 19.9. The molecule has 0 saturated heterocycles. The summed E-state index contributed by atoms with van der Waals surface area (Å²) < 4.78 is 14.6. The van der Waals surface area contributed by atoms with Crippen LogP contribution in [0.25, 0.3) is 5.70 Å². The van der Waals surface area contributed by atoms with Crippen LogP contribution in [0.15, 0.2) is 72.8 Å². The number of quaternary nitrogens is 1. The van der Waals surface area contributed by atoms with Crippen molar-refractivity contribution in [3.63, 3.8) is 0 Å². The topological polar surface area (TPSA) is 48.9 Å². The number of hydrogen-bond acceptors (Lipinski definition) is 2. The van der Waals surface area contributed by atoms with Gasteiger partial charge in [0, 0.05) is 11.8 Å². The number of nitrogens with two attached hydrogens (primary N) is 1. The fourth-order valence-corrected chi connectivity index (χ4v) is 3.84. The Morgan fingerprint density at radius 1 is 1.00 bits per heavy atom. The van der Waals surface area contributed by atoms with Crippen LogP contribution in [0.5, 0.6) is 5.75 Å². The molecule has 1 aliphatic rings. The molecule has 2 atom stereocenters. The van der Waals surface area contributed by atoms with Gasteiger partial charge in [0.25, 0.3) is 0 Å². The second-order valence-corrected chi connectivity index (χ2v) is 7.39. The molecule has 0 radical (unpaired) electrons. The first-order valence-electron chi connectivity index (χ1n) is 9.15. The molecule has 1 heterocycles. The quantitative estimate of drug-likeness (QED) is 0.614. The minimum absolute atomic E-state index is 0.195. The van der Waals surface area contributed by atoms with E-state index in [1.165, 1.54) is 6.07 Å². The van der Waals surface area contributed by atoms with Crippen LogP contribution in [0.2, 0.25) is 5.02 Å². The van der Waals surface area contributed by atoms with E-state index in [1.807, 2.05) is 54.7 Å². The van der Waals surface area contributed by atoms with Gasteiger partial charge in [-0.2, -0.15) is 0 Å². The summed E-state index contributed by atoms with van der Waals surface area (Å²) in [5.41, 5.74) is 4.21. The van der Waals surface area contributed by atoms with Crippen molar-refractivity contribution in [3.05, 3.63) is 106 Å². The first-order chi connectivity index (χ1) is 13.5. The van der Waals surface area contributed by atoms with E-state index in [-0.39, 0.29) is 17.6 Å². The maximum absolute atomic E-state index is 14.6. The van der Waals surface area contributed by atoms with E-state index < -0.39 is 6.17 Å². The van der Waals surface area contributed by atoms with Crippen LogP contribution in [0.4, 0.5) is 4.39 Å². The average Bonchev–Trinajstić information content (AvgIpc) is 2.68. The average molecular weight is 396 g/mol. The number of benzene rings is 3. The van der Waals surface area contributed by atoms with Gasteiger partial charge >= 0.3 is 0 Å². The van der Waals surface area contributed by atoms with E-state index in [0.29, 0.717) is 10.6 Å². The Morgan fingerprint density at radius 2 is 1.75 bits per heavy atom. The third-order valence-corrected chi connectivity index (χ3v) is 5.36. The number of hydrogen-bond donors (Lipinski definition) is 3. The van der Waals surface area contributed by atoms with Crippen LogP contribution < -0.4 is 10.6 Å². The van der Waals surface area contributed by atoms with E-state index in [2.05, 4.69) is 5.32 Å². The monoisotopic (exact) mass is 395 g/mol. The fraction of sp³-hybridized carbons (Fsp3) is 0.130. The van der Waals surface area contributed by atoms with Crippen molar-refractivity contribution < 1.29 is 14.8 Å². The van der Waals surface area contributed by atoms with E-state index in [1.54, 1.807) is 24.3 Å². The number of phenols is 1. The standard InChI is InChI=1S/C23H20ClFN2O/c1-14-9-11-15(12-10-14)19-13-20(16-5-2-3-8-21(16)28)27-23(26-19)22-17(24)6-4-7-18(22)25/h2-13,20,23,26-28H,1H3/p+1. The summed E-state index contributed by atoms with van der Waals surface area (Å²) in [6.07, 6.45) is 1.62. The third-order valence-electron chi connectivity index (χ3n) is 5.03. The molecule has 3 aromatic rings. The van der Waals surface area contributed by atoms with Crippen LogP contribution in [0, 0.1) is 12.7 Å². The molecule has 0 saturated carbocycles. The van der Waals surface area contributed by atoms with Crippen LogP contribution in [0.3, 0.4) is 0 Å². The smallest absolute Gasteiger partial charge is 0.190 e. The molecular weight excluding hydrogens is 375 g/mol. The van der Waals surface area contributed by atoms with Gasteiger partial charge in [0.15, 0.2) is 6.17 Å². The van der Waals surface area contributed by atoms with Gasteiger partial charge in [-0.3, -0.25) is 0 Å². The highest BCUT2D eigenvalue weighted by Gasteiger charge is 2.32. The lowest BCUT2D eigenvalue weighted by atomic mass is 9.97. The highest BCUT2D eigenvalue weighted by Crippen LogP contribution is 2.31. The molecule has 3 aromatic carbocycles. The molecular formula is C23H21ClFN2O+. The molecule has 0 bridgehead atoms. The van der Waals surface area contributed by atoms with Crippen molar-refractivity contribution in [1.82, 2.24) is 5.32 Å². The lowest BCUT2D eigenvalue weighted by Crippen LogP contribution is -2.90. The van der Waals surface area contributed by atoms with E-state index in [0.717, 1.165) is 22.4 Å². The van der Waals surface area contributed by atoms with Gasteiger partial charge in [0.1, 0.15) is 17.6 Å². The summed E-state index contributed by atoms with van der Waals surface area (Å²) in [4.78, 5) is 0. The molecule has 1 aliphatic heterocycles. The molecule has 0 spiro atoms. The fourth-order valence-electron chi connectivity index (χ4n) is 3.56. The lowest BCUT2D eigenvalue weighted by molar-refractivity contribution is -0.731. The zero-order chi connectivity index (χ0) is 19.7. The summed E-state index contributed by atoms with van der Waals surface area (Å²) in [5, 5.41) is 16.1. The third kappa shape index (κ3) is 3.61. The van der Waals surface area contributed by atoms with Crippen molar-refractivity contribution in [2.24, 2.45) is 0 Å². The maximum Gasteiger partial charge on any atom is 0.190 e. The summed E-state index contributed by atoms with van der Waals surface area (Å²) in [6.45, 7) is 2.03. The van der Waals surface area contributed by atoms with E-state index in [4.69, 9.17) is 11.6 Å². The highest BCUT2D eigenvalue weighted by molar-refractivity contribution is 6.31. The predicted molar refractivity (Wildman–Crippen MR) is 109 cm³/mol. The Balaban J connectivity index is 1.80. The van der Waals surface area contributed by atoms with E-state index >= 15 is 0 Å². The Bertz CT molecular complexity index is 1010. The second-order valence-electron chi connectivity index (χ2n) is 6.98. The number of aromatic hydroxyl groups is 1. The van der Waals surface area contributed by atoms with Gasteiger partial charge in [-0.05, 0) is 36.8 Å². The summed E-state index contributed by atoms with van der Waals surface area (Å²) >= 11 is 6.33. The van der Waals surface area contributed by atoms with Gasteiger partial charge < -0.3 is 15.7 Å². The SMILES string of the molecule is Cc1ccc(C2=CC(c3ccccc3O)[NH2+]C(c3c(F)cccc3Cl)N2)cc1. The number of aryl methyl sites for hydroxylation is 1. The van der Waals surface area contributed by atoms with Crippen molar-refractivity contribution in [3.8, 4) is 5.75 Å². The Morgan fingerprint density at radius 3 is 2.46 bits per heavy atom. The van der Waals surface area contributed by atoms with E-state index in [9.17, 15) is 9.50 Å². The first-order valence-corrected chi connectivity index (χ1v) is 9.53. The Kier molecular flexibility index (Phi) is 5.07. The highest BCUT2D eigenvalue weighted by atomic mass is 35.5. The number of phenolic OH excluding ortho intramolecular Hbond substituents is 1. The number of halogens is 2. The number of nitrogens with one attached hydrogen (secondary N) is 1. The summed E-state index contributed by atoms with van der Waals surface area (Å²) in [7, 11) is 0. The molecule has 28 heavy (non-hydrogen) atoms. The molecule has 0 aromatic heterocycles. The normalized spacial score (nSPS) is 19.0. The molecule has 0 aliphatic carbocycles. The number of rotatable bonds is 3. The van der Waals surface area contributed by atoms with Crippen molar-refractivity contribution in [2.75, 3.05) is 0 Å². The molecule has 142 valence electrons. The van der Waals surface area contributed by atoms with Crippen molar-refractivity contribution in [2.45, 2.75) is 19.1 Å². The number of para-hydroxylation sites is 1. The van der Waals surface area contributed by atoms with Crippen LogP contribution in [-0.4, -0.2) is 5.11 Å². The van der Waals surface area contributed by atoms with Crippen molar-refractivity contribution >= 4 is 17.3 Å². The van der Waals surface area contributed by atoms with Gasteiger partial charge in [0.05, 0.1) is 16.1 Å².